The summed E-state index contributed by atoms with van der Waals surface area (Å²) in [4.78, 5) is 11.7. The average Bonchev–Trinajstić information content (AvgIpc) is 3.25. The fourth-order valence-electron chi connectivity index (χ4n) is 3.00. The molecule has 4 nitrogen and oxygen atoms in total. The van der Waals surface area contributed by atoms with E-state index in [1.165, 1.54) is 38.5 Å². The highest BCUT2D eigenvalue weighted by Crippen LogP contribution is 2.32. The van der Waals surface area contributed by atoms with Crippen LogP contribution in [0.3, 0.4) is 0 Å². The van der Waals surface area contributed by atoms with Crippen molar-refractivity contribution in [1.82, 2.24) is 0 Å². The van der Waals surface area contributed by atoms with Crippen LogP contribution in [0.2, 0.25) is 0 Å². The molecule has 0 radical (unpaired) electrons. The minimum absolute atomic E-state index is 0.231. The lowest BCUT2D eigenvalue weighted by molar-refractivity contribution is -0.150. The van der Waals surface area contributed by atoms with Crippen LogP contribution in [-0.4, -0.2) is 38.0 Å². The molecule has 2 rings (SSSR count). The number of hydrogen-bond acceptors (Lipinski definition) is 4. The van der Waals surface area contributed by atoms with Crippen LogP contribution in [0.5, 0.6) is 0 Å². The quantitative estimate of drug-likeness (QED) is 0.371. The normalized spacial score (nSPS) is 26.4. The van der Waals surface area contributed by atoms with Crippen LogP contribution in [0.25, 0.3) is 0 Å². The summed E-state index contributed by atoms with van der Waals surface area (Å²) in [6, 6.07) is 0. The molecule has 1 saturated heterocycles. The molecule has 0 bridgehead atoms. The van der Waals surface area contributed by atoms with Gasteiger partial charge in [0.1, 0.15) is 0 Å². The third kappa shape index (κ3) is 4.74. The van der Waals surface area contributed by atoms with Gasteiger partial charge in [0.2, 0.25) is 0 Å². The third-order valence-corrected chi connectivity index (χ3v) is 4.42. The molecule has 116 valence electrons. The molecule has 1 unspecified atom stereocenters. The summed E-state index contributed by atoms with van der Waals surface area (Å²) in [5, 5.41) is 0. The molecule has 0 spiro atoms. The minimum Gasteiger partial charge on any atom is -0.464 e. The van der Waals surface area contributed by atoms with Gasteiger partial charge in [0.05, 0.1) is 13.2 Å². The summed E-state index contributed by atoms with van der Waals surface area (Å²) in [5.41, 5.74) is -0.681. The molecule has 1 atom stereocenters. The summed E-state index contributed by atoms with van der Waals surface area (Å²) in [5.74, 6) is 0.691. The Morgan fingerprint density at radius 3 is 2.65 bits per heavy atom. The molecular formula is C16H28O4. The molecule has 0 amide bonds. The van der Waals surface area contributed by atoms with Crippen LogP contribution in [0.1, 0.15) is 58.3 Å². The van der Waals surface area contributed by atoms with E-state index in [4.69, 9.17) is 14.2 Å². The van der Waals surface area contributed by atoms with Crippen molar-refractivity contribution in [2.45, 2.75) is 63.9 Å². The van der Waals surface area contributed by atoms with Crippen molar-refractivity contribution in [2.24, 2.45) is 5.92 Å². The zero-order valence-corrected chi connectivity index (χ0v) is 12.7. The van der Waals surface area contributed by atoms with E-state index in [-0.39, 0.29) is 5.97 Å². The van der Waals surface area contributed by atoms with Crippen molar-refractivity contribution >= 4 is 5.97 Å². The van der Waals surface area contributed by atoms with Crippen LogP contribution >= 0.6 is 0 Å². The Kier molecular flexibility index (Phi) is 6.30. The third-order valence-electron chi connectivity index (χ3n) is 4.42. The molecule has 20 heavy (non-hydrogen) atoms. The Labute approximate surface area is 122 Å². The second-order valence-corrected chi connectivity index (χ2v) is 6.01. The average molecular weight is 284 g/mol. The first kappa shape index (κ1) is 15.8. The molecule has 0 aromatic carbocycles. The fraction of sp³-hybridized carbons (Fsp3) is 0.938. The lowest BCUT2D eigenvalue weighted by Gasteiger charge is -2.21. The van der Waals surface area contributed by atoms with Gasteiger partial charge in [-0.3, -0.25) is 0 Å². The van der Waals surface area contributed by atoms with E-state index < -0.39 is 5.60 Å². The lowest BCUT2D eigenvalue weighted by Crippen LogP contribution is -2.28. The van der Waals surface area contributed by atoms with E-state index >= 15 is 0 Å². The zero-order chi connectivity index (χ0) is 14.3. The first-order valence-corrected chi connectivity index (χ1v) is 8.16. The van der Waals surface area contributed by atoms with Crippen LogP contribution in [0.4, 0.5) is 0 Å². The first-order valence-electron chi connectivity index (χ1n) is 8.16. The number of rotatable bonds is 9. The second-order valence-electron chi connectivity index (χ2n) is 6.01. The molecule has 4 heteroatoms. The largest absolute Gasteiger partial charge is 0.464 e. The molecule has 0 aromatic heterocycles. The van der Waals surface area contributed by atoms with E-state index in [1.54, 1.807) is 0 Å². The standard InChI is InChI=1S/C16H28O4/c1-2-19-15(17)16(13-20-16)10-12-18-11-6-9-14-7-4-3-5-8-14/h14H,2-13H2,1H3. The molecule has 1 heterocycles. The number of esters is 1. The molecule has 1 aliphatic heterocycles. The highest BCUT2D eigenvalue weighted by atomic mass is 16.6. The summed E-state index contributed by atoms with van der Waals surface area (Å²) in [6.45, 7) is 4.10. The van der Waals surface area contributed by atoms with Gasteiger partial charge in [-0.1, -0.05) is 32.1 Å². The maximum absolute atomic E-state index is 11.7. The Bertz CT molecular complexity index is 293. The van der Waals surface area contributed by atoms with Gasteiger partial charge >= 0.3 is 5.97 Å². The Morgan fingerprint density at radius 1 is 1.25 bits per heavy atom. The smallest absolute Gasteiger partial charge is 0.340 e. The number of hydrogen-bond donors (Lipinski definition) is 0. The van der Waals surface area contributed by atoms with E-state index in [0.29, 0.717) is 26.2 Å². The van der Waals surface area contributed by atoms with E-state index in [9.17, 15) is 4.79 Å². The number of carbonyl (C=O) groups is 1. The maximum atomic E-state index is 11.7. The molecular weight excluding hydrogens is 256 g/mol. The monoisotopic (exact) mass is 284 g/mol. The van der Waals surface area contributed by atoms with Gasteiger partial charge in [0.25, 0.3) is 0 Å². The summed E-state index contributed by atoms with van der Waals surface area (Å²) in [6.07, 6.45) is 10.1. The second kappa shape index (κ2) is 7.99. The van der Waals surface area contributed by atoms with Crippen molar-refractivity contribution in [2.75, 3.05) is 26.4 Å². The van der Waals surface area contributed by atoms with Crippen molar-refractivity contribution in [3.05, 3.63) is 0 Å². The summed E-state index contributed by atoms with van der Waals surface area (Å²) in [7, 11) is 0. The topological polar surface area (TPSA) is 48.1 Å². The van der Waals surface area contributed by atoms with Gasteiger partial charge in [0.15, 0.2) is 5.60 Å². The maximum Gasteiger partial charge on any atom is 0.340 e. The molecule has 0 N–H and O–H groups in total. The first-order chi connectivity index (χ1) is 9.77. The SMILES string of the molecule is CCOC(=O)C1(CCOCCCC2CCCCC2)CO1. The van der Waals surface area contributed by atoms with Gasteiger partial charge in [-0.15, -0.1) is 0 Å². The van der Waals surface area contributed by atoms with Crippen molar-refractivity contribution < 1.29 is 19.0 Å². The van der Waals surface area contributed by atoms with Gasteiger partial charge in [-0.2, -0.15) is 0 Å². The number of carbonyl (C=O) groups excluding carboxylic acids is 1. The van der Waals surface area contributed by atoms with Gasteiger partial charge in [0, 0.05) is 19.6 Å². The Balaban J connectivity index is 1.48. The van der Waals surface area contributed by atoms with Crippen LogP contribution in [0.15, 0.2) is 0 Å². The minimum atomic E-state index is -0.681. The van der Waals surface area contributed by atoms with Crippen molar-refractivity contribution in [1.29, 1.82) is 0 Å². The van der Waals surface area contributed by atoms with Crippen molar-refractivity contribution in [3.8, 4) is 0 Å². The predicted octanol–water partition coefficient (Wildman–Crippen LogP) is 3.09. The van der Waals surface area contributed by atoms with Gasteiger partial charge in [-0.25, -0.2) is 4.79 Å². The highest BCUT2D eigenvalue weighted by Gasteiger charge is 2.53. The zero-order valence-electron chi connectivity index (χ0n) is 12.7. The molecule has 0 aromatic rings. The molecule has 1 aliphatic carbocycles. The van der Waals surface area contributed by atoms with E-state index in [2.05, 4.69) is 0 Å². The Morgan fingerprint density at radius 2 is 2.00 bits per heavy atom. The van der Waals surface area contributed by atoms with Crippen LogP contribution in [-0.2, 0) is 19.0 Å². The van der Waals surface area contributed by atoms with Crippen molar-refractivity contribution in [3.63, 3.8) is 0 Å². The molecule has 2 fully saturated rings. The highest BCUT2D eigenvalue weighted by molar-refractivity contribution is 5.82. The van der Waals surface area contributed by atoms with Crippen LogP contribution < -0.4 is 0 Å². The van der Waals surface area contributed by atoms with Gasteiger partial charge < -0.3 is 14.2 Å². The predicted molar refractivity (Wildman–Crippen MR) is 76.6 cm³/mol. The number of ether oxygens (including phenoxy) is 3. The summed E-state index contributed by atoms with van der Waals surface area (Å²) >= 11 is 0. The van der Waals surface area contributed by atoms with E-state index in [1.807, 2.05) is 6.92 Å². The lowest BCUT2D eigenvalue weighted by atomic mass is 9.86. The van der Waals surface area contributed by atoms with Crippen LogP contribution in [0, 0.1) is 5.92 Å². The Hall–Kier alpha value is -0.610. The molecule has 2 aliphatic rings. The summed E-state index contributed by atoms with van der Waals surface area (Å²) < 4.78 is 15.9. The molecule has 1 saturated carbocycles. The van der Waals surface area contributed by atoms with E-state index in [0.717, 1.165) is 18.9 Å². The fourth-order valence-corrected chi connectivity index (χ4v) is 3.00. The number of epoxide rings is 1. The van der Waals surface area contributed by atoms with Gasteiger partial charge in [-0.05, 0) is 25.7 Å².